The van der Waals surface area contributed by atoms with Crippen molar-refractivity contribution in [2.45, 2.75) is 20.3 Å². The van der Waals surface area contributed by atoms with Crippen molar-refractivity contribution in [1.29, 1.82) is 0 Å². The Hall–Kier alpha value is -1.96. The molecular formula is C21H36O12. The summed E-state index contributed by atoms with van der Waals surface area (Å²) < 4.78 is 30.1. The fourth-order valence-corrected chi connectivity index (χ4v) is 2.81. The van der Waals surface area contributed by atoms with Crippen LogP contribution >= 0.6 is 0 Å². The minimum absolute atomic E-state index is 0.00250. The molecule has 0 aliphatic heterocycles. The van der Waals surface area contributed by atoms with Crippen LogP contribution in [0.15, 0.2) is 0 Å². The predicted octanol–water partition coefficient (Wildman–Crippen LogP) is -1.08. The molecule has 0 aromatic rings. The van der Waals surface area contributed by atoms with Crippen molar-refractivity contribution in [3.63, 3.8) is 0 Å². The Morgan fingerprint density at radius 1 is 0.606 bits per heavy atom. The number of hydrogen-bond acceptors (Lipinski definition) is 12. The van der Waals surface area contributed by atoms with Gasteiger partial charge in [-0.25, -0.2) is 0 Å². The number of aliphatic hydroxyl groups is 2. The van der Waals surface area contributed by atoms with Gasteiger partial charge in [0.15, 0.2) is 10.8 Å². The van der Waals surface area contributed by atoms with Gasteiger partial charge >= 0.3 is 11.9 Å². The summed E-state index contributed by atoms with van der Waals surface area (Å²) in [4.78, 5) is 50.4. The average molecular weight is 481 g/mol. The lowest BCUT2D eigenvalue weighted by Gasteiger charge is -2.35. The number of Topliss-reactive ketones (excluding diaryl/α,β-unsaturated/α-hetero) is 2. The summed E-state index contributed by atoms with van der Waals surface area (Å²) in [5, 5.41) is 19.9. The van der Waals surface area contributed by atoms with Gasteiger partial charge in [0.2, 0.25) is 0 Å². The smallest absolute Gasteiger partial charge is 0.322 e. The minimum Gasteiger partial charge on any atom is -0.462 e. The van der Waals surface area contributed by atoms with Gasteiger partial charge in [-0.05, 0) is 20.3 Å². The first kappa shape index (κ1) is 31.0. The number of rotatable bonds is 20. The van der Waals surface area contributed by atoms with E-state index in [-0.39, 0.29) is 39.6 Å². The largest absolute Gasteiger partial charge is 0.462 e. The number of aliphatic hydroxyl groups excluding tert-OH is 2. The molecule has 0 rings (SSSR count). The molecule has 0 amide bonds. The normalized spacial score (nSPS) is 14.7. The molecule has 192 valence electrons. The van der Waals surface area contributed by atoms with Gasteiger partial charge < -0.3 is 38.6 Å². The van der Waals surface area contributed by atoms with Gasteiger partial charge in [0.05, 0.1) is 52.9 Å². The van der Waals surface area contributed by atoms with Crippen LogP contribution in [0.1, 0.15) is 20.3 Å². The van der Waals surface area contributed by atoms with Gasteiger partial charge in [-0.1, -0.05) is 0 Å². The molecule has 0 radical (unpaired) electrons. The summed E-state index contributed by atoms with van der Waals surface area (Å²) in [6, 6.07) is 0. The van der Waals surface area contributed by atoms with Crippen molar-refractivity contribution >= 4 is 23.5 Å². The molecule has 0 aromatic heterocycles. The molecule has 0 bridgehead atoms. The Kier molecular flexibility index (Phi) is 15.6. The molecule has 0 saturated heterocycles. The fraction of sp³-hybridized carbons (Fsp3) is 0.810. The van der Waals surface area contributed by atoms with Gasteiger partial charge in [-0.15, -0.1) is 0 Å². The quantitative estimate of drug-likeness (QED) is 0.123. The van der Waals surface area contributed by atoms with E-state index in [0.717, 1.165) is 13.8 Å². The third-order valence-corrected chi connectivity index (χ3v) is 5.06. The van der Waals surface area contributed by atoms with Crippen molar-refractivity contribution in [3.05, 3.63) is 0 Å². The Morgan fingerprint density at radius 3 is 1.21 bits per heavy atom. The minimum atomic E-state index is -2.27. The second-order valence-corrected chi connectivity index (χ2v) is 7.25. The highest BCUT2D eigenvalue weighted by molar-refractivity contribution is 6.07. The molecule has 0 aliphatic carbocycles. The molecule has 0 heterocycles. The first-order valence-electron chi connectivity index (χ1n) is 10.4. The Morgan fingerprint density at radius 2 is 0.939 bits per heavy atom. The van der Waals surface area contributed by atoms with E-state index in [2.05, 4.69) is 0 Å². The zero-order valence-electron chi connectivity index (χ0n) is 19.8. The van der Waals surface area contributed by atoms with E-state index in [4.69, 9.17) is 28.4 Å². The molecule has 2 atom stereocenters. The van der Waals surface area contributed by atoms with Crippen LogP contribution in [-0.2, 0) is 47.6 Å². The van der Waals surface area contributed by atoms with Crippen LogP contribution in [0.25, 0.3) is 0 Å². The maximum absolute atomic E-state index is 12.8. The summed E-state index contributed by atoms with van der Waals surface area (Å²) >= 11 is 0. The molecule has 0 aliphatic rings. The molecular weight excluding hydrogens is 444 g/mol. The molecule has 0 spiro atoms. The number of ketones is 2. The molecule has 0 unspecified atom stereocenters. The van der Waals surface area contributed by atoms with Crippen LogP contribution < -0.4 is 0 Å². The second-order valence-electron chi connectivity index (χ2n) is 7.25. The zero-order valence-corrected chi connectivity index (χ0v) is 19.8. The lowest BCUT2D eigenvalue weighted by Crippen LogP contribution is -2.53. The van der Waals surface area contributed by atoms with Crippen LogP contribution in [0.3, 0.4) is 0 Å². The van der Waals surface area contributed by atoms with Gasteiger partial charge in [0.1, 0.15) is 24.8 Å². The molecule has 0 aromatic carbocycles. The second kappa shape index (κ2) is 16.6. The van der Waals surface area contributed by atoms with Crippen molar-refractivity contribution in [2.75, 3.05) is 80.3 Å². The predicted molar refractivity (Wildman–Crippen MR) is 112 cm³/mol. The first-order valence-corrected chi connectivity index (χ1v) is 10.4. The number of esters is 2. The number of ether oxygens (including phenoxy) is 6. The van der Waals surface area contributed by atoms with Crippen molar-refractivity contribution < 1.29 is 57.8 Å². The molecule has 12 heteroatoms. The average Bonchev–Trinajstić information content (AvgIpc) is 2.79. The zero-order chi connectivity index (χ0) is 25.3. The standard InChI is InChI=1S/C21H36O12/c1-16(24)20(14-22,18(26)32-11-9-30-7-5-28-3)13-21(15-23,17(2)25)19(27)33-12-10-31-8-6-29-4/h22-23H,5-15H2,1-4H3/t20-,21-/m1/s1. The van der Waals surface area contributed by atoms with Gasteiger partial charge in [0, 0.05) is 14.2 Å². The van der Waals surface area contributed by atoms with Gasteiger partial charge in [-0.3, -0.25) is 19.2 Å². The summed E-state index contributed by atoms with van der Waals surface area (Å²) in [6.45, 7) is 0.624. The van der Waals surface area contributed by atoms with E-state index in [1.54, 1.807) is 0 Å². The van der Waals surface area contributed by atoms with Crippen LogP contribution in [0.5, 0.6) is 0 Å². The number of carbonyl (C=O) groups is 4. The topological polar surface area (TPSA) is 164 Å². The number of methoxy groups -OCH3 is 2. The van der Waals surface area contributed by atoms with Gasteiger partial charge in [0.25, 0.3) is 0 Å². The molecule has 0 saturated carbocycles. The van der Waals surface area contributed by atoms with E-state index in [1.165, 1.54) is 14.2 Å². The highest BCUT2D eigenvalue weighted by atomic mass is 16.6. The number of carbonyl (C=O) groups excluding carboxylic acids is 4. The van der Waals surface area contributed by atoms with E-state index >= 15 is 0 Å². The monoisotopic (exact) mass is 480 g/mol. The summed E-state index contributed by atoms with van der Waals surface area (Å²) in [5.41, 5.74) is -4.54. The summed E-state index contributed by atoms with van der Waals surface area (Å²) in [7, 11) is 2.99. The Balaban J connectivity index is 5.44. The third kappa shape index (κ3) is 9.43. The van der Waals surface area contributed by atoms with E-state index in [1.807, 2.05) is 0 Å². The Bertz CT molecular complexity index is 570. The molecule has 2 N–H and O–H groups in total. The molecule has 0 fully saturated rings. The summed E-state index contributed by atoms with van der Waals surface area (Å²) in [6.07, 6.45) is -0.829. The van der Waals surface area contributed by atoms with E-state index < -0.39 is 54.0 Å². The van der Waals surface area contributed by atoms with Gasteiger partial charge in [-0.2, -0.15) is 0 Å². The SMILES string of the molecule is COCCOCCOC(=O)[C@@](CO)(C[C@@](CO)(C(C)=O)C(=O)OCCOCCOC)C(C)=O. The van der Waals surface area contributed by atoms with Crippen molar-refractivity contribution in [3.8, 4) is 0 Å². The number of hydrogen-bond donors (Lipinski definition) is 2. The maximum Gasteiger partial charge on any atom is 0.322 e. The van der Waals surface area contributed by atoms with E-state index in [0.29, 0.717) is 13.2 Å². The maximum atomic E-state index is 12.8. The first-order chi connectivity index (χ1) is 15.7. The lowest BCUT2D eigenvalue weighted by atomic mass is 9.67. The van der Waals surface area contributed by atoms with Crippen LogP contribution in [0.4, 0.5) is 0 Å². The van der Waals surface area contributed by atoms with Crippen LogP contribution in [0, 0.1) is 10.8 Å². The fourth-order valence-electron chi connectivity index (χ4n) is 2.81. The highest BCUT2D eigenvalue weighted by Gasteiger charge is 2.56. The van der Waals surface area contributed by atoms with Crippen LogP contribution in [0.2, 0.25) is 0 Å². The molecule has 12 nitrogen and oxygen atoms in total. The van der Waals surface area contributed by atoms with Crippen molar-refractivity contribution in [1.82, 2.24) is 0 Å². The lowest BCUT2D eigenvalue weighted by molar-refractivity contribution is -0.175. The van der Waals surface area contributed by atoms with Crippen molar-refractivity contribution in [2.24, 2.45) is 10.8 Å². The highest BCUT2D eigenvalue weighted by Crippen LogP contribution is 2.38. The molecule has 33 heavy (non-hydrogen) atoms. The van der Waals surface area contributed by atoms with Crippen LogP contribution in [-0.4, -0.2) is 114 Å². The van der Waals surface area contributed by atoms with E-state index in [9.17, 15) is 29.4 Å². The third-order valence-electron chi connectivity index (χ3n) is 5.06. The summed E-state index contributed by atoms with van der Waals surface area (Å²) in [5.74, 6) is -3.99. The Labute approximate surface area is 193 Å².